The molecule has 7 nitrogen and oxygen atoms in total. The fourth-order valence-corrected chi connectivity index (χ4v) is 8.07. The predicted octanol–water partition coefficient (Wildman–Crippen LogP) is 7.78. The van der Waals surface area contributed by atoms with Crippen LogP contribution in [0.4, 0.5) is 0 Å². The van der Waals surface area contributed by atoms with Gasteiger partial charge >= 0.3 is 0 Å². The van der Waals surface area contributed by atoms with Crippen molar-refractivity contribution in [3.8, 4) is 5.00 Å². The molecule has 2 aromatic heterocycles. The molecule has 0 fully saturated rings. The number of thiophene rings is 1. The van der Waals surface area contributed by atoms with E-state index in [1.165, 1.54) is 11.1 Å². The lowest BCUT2D eigenvalue weighted by Gasteiger charge is -2.16. The molecule has 0 saturated carbocycles. The van der Waals surface area contributed by atoms with Gasteiger partial charge in [-0.2, -0.15) is 4.72 Å². The molecule has 0 radical (unpaired) electrons. The molecule has 3 heterocycles. The molecule has 1 aliphatic heterocycles. The molecular formula is C34H34ClN5O2S2. The van der Waals surface area contributed by atoms with Crippen molar-refractivity contribution < 1.29 is 8.42 Å². The molecule has 0 amide bonds. The van der Waals surface area contributed by atoms with Crippen molar-refractivity contribution in [3.63, 3.8) is 0 Å². The first kappa shape index (κ1) is 30.4. The number of fused-ring (bicyclic) bond motifs is 3. The van der Waals surface area contributed by atoms with Crippen LogP contribution in [-0.2, 0) is 16.4 Å². The van der Waals surface area contributed by atoms with Crippen LogP contribution in [0.3, 0.4) is 0 Å². The zero-order chi connectivity index (χ0) is 31.2. The summed E-state index contributed by atoms with van der Waals surface area (Å²) in [5.41, 5.74) is 5.66. The Morgan fingerprint density at radius 3 is 2.32 bits per heavy atom. The van der Waals surface area contributed by atoms with Crippen molar-refractivity contribution in [2.45, 2.75) is 58.0 Å². The van der Waals surface area contributed by atoms with Gasteiger partial charge in [0.15, 0.2) is 12.0 Å². The quantitative estimate of drug-likeness (QED) is 0.187. The van der Waals surface area contributed by atoms with Gasteiger partial charge in [-0.3, -0.25) is 9.56 Å². The molecule has 0 saturated heterocycles. The van der Waals surface area contributed by atoms with Crippen LogP contribution in [0.15, 0.2) is 88.8 Å². The van der Waals surface area contributed by atoms with E-state index in [1.54, 1.807) is 35.6 Å². The third-order valence-electron chi connectivity index (χ3n) is 7.82. The number of nitrogens with one attached hydrogen (secondary N) is 1. The number of benzene rings is 3. The predicted molar refractivity (Wildman–Crippen MR) is 178 cm³/mol. The third-order valence-corrected chi connectivity index (χ3v) is 10.9. The first-order chi connectivity index (χ1) is 21.0. The van der Waals surface area contributed by atoms with Crippen molar-refractivity contribution in [1.82, 2.24) is 19.5 Å². The Hall–Kier alpha value is -3.63. The molecule has 1 N–H and O–H groups in total. The van der Waals surface area contributed by atoms with Crippen molar-refractivity contribution in [2.75, 3.05) is 0 Å². The molecule has 2 atom stereocenters. The van der Waals surface area contributed by atoms with Gasteiger partial charge in [0, 0.05) is 26.9 Å². The summed E-state index contributed by atoms with van der Waals surface area (Å²) in [4.78, 5) is 6.33. The smallest absolute Gasteiger partial charge is 0.242 e. The topological polar surface area (TPSA) is 89.2 Å². The molecule has 10 heteroatoms. The number of rotatable bonds is 8. The summed E-state index contributed by atoms with van der Waals surface area (Å²) in [6, 6.07) is 25.2. The van der Waals surface area contributed by atoms with Crippen LogP contribution in [-0.4, -0.2) is 28.9 Å². The first-order valence-corrected chi connectivity index (χ1v) is 17.3. The van der Waals surface area contributed by atoms with E-state index in [-0.39, 0.29) is 10.8 Å². The highest BCUT2D eigenvalue weighted by Crippen LogP contribution is 2.41. The maximum absolute atomic E-state index is 13.6. The Morgan fingerprint density at radius 2 is 1.64 bits per heavy atom. The molecule has 226 valence electrons. The largest absolute Gasteiger partial charge is 0.270 e. The maximum Gasteiger partial charge on any atom is 0.242 e. The van der Waals surface area contributed by atoms with Crippen LogP contribution in [0.5, 0.6) is 0 Å². The maximum atomic E-state index is 13.6. The van der Waals surface area contributed by atoms with E-state index in [0.29, 0.717) is 33.9 Å². The Bertz CT molecular complexity index is 1960. The highest BCUT2D eigenvalue weighted by atomic mass is 35.5. The second kappa shape index (κ2) is 12.0. The summed E-state index contributed by atoms with van der Waals surface area (Å²) < 4.78 is 31.9. The molecule has 44 heavy (non-hydrogen) atoms. The van der Waals surface area contributed by atoms with Crippen molar-refractivity contribution >= 4 is 38.7 Å². The van der Waals surface area contributed by atoms with Crippen LogP contribution < -0.4 is 4.72 Å². The number of halogens is 1. The van der Waals surface area contributed by atoms with Gasteiger partial charge in [-0.1, -0.05) is 92.5 Å². The van der Waals surface area contributed by atoms with Crippen LogP contribution in [0.25, 0.3) is 5.00 Å². The summed E-state index contributed by atoms with van der Waals surface area (Å²) in [5.74, 6) is 1.74. The van der Waals surface area contributed by atoms with Gasteiger partial charge in [0.2, 0.25) is 10.0 Å². The van der Waals surface area contributed by atoms with Gasteiger partial charge in [0.25, 0.3) is 0 Å². The van der Waals surface area contributed by atoms with E-state index in [0.717, 1.165) is 27.4 Å². The second-order valence-electron chi connectivity index (χ2n) is 11.7. The zero-order valence-corrected chi connectivity index (χ0v) is 27.6. The zero-order valence-electron chi connectivity index (χ0n) is 25.2. The van der Waals surface area contributed by atoms with E-state index in [2.05, 4.69) is 66.0 Å². The summed E-state index contributed by atoms with van der Waals surface area (Å²) >= 11 is 8.38. The number of hydrogen-bond acceptors (Lipinski definition) is 6. The average Bonchev–Trinajstić information content (AvgIpc) is 3.56. The molecular weight excluding hydrogens is 610 g/mol. The van der Waals surface area contributed by atoms with Crippen molar-refractivity contribution in [1.29, 1.82) is 0 Å². The fraction of sp³-hybridized carbons (Fsp3) is 0.265. The van der Waals surface area contributed by atoms with E-state index >= 15 is 0 Å². The Morgan fingerprint density at radius 1 is 0.932 bits per heavy atom. The van der Waals surface area contributed by atoms with Crippen LogP contribution in [0.2, 0.25) is 5.02 Å². The number of nitrogens with zero attached hydrogens (tertiary/aromatic N) is 4. The summed E-state index contributed by atoms with van der Waals surface area (Å²) in [6.07, 6.45) is 0.00665. The Kier molecular flexibility index (Phi) is 8.32. The highest BCUT2D eigenvalue weighted by Gasteiger charge is 2.34. The van der Waals surface area contributed by atoms with Gasteiger partial charge in [-0.25, -0.2) is 8.42 Å². The molecule has 0 aliphatic carbocycles. The van der Waals surface area contributed by atoms with Crippen molar-refractivity contribution in [2.24, 2.45) is 10.9 Å². The standard InChI is InChI=1S/C34H34ClN5O2S2/c1-20(2)18-24-12-14-25(15-13-24)22(4)30-19-28-31(27-8-6-7-9-29(27)35)36-32(33-38-37-23(5)40(33)34(28)43-30)39-44(41,42)26-16-10-21(3)11-17-26/h6-17,19-20,22,32,39H,18H2,1-5H3. The van der Waals surface area contributed by atoms with Gasteiger partial charge in [-0.05, 0) is 61.6 Å². The monoisotopic (exact) mass is 643 g/mol. The minimum Gasteiger partial charge on any atom is -0.270 e. The molecule has 0 bridgehead atoms. The number of aryl methyl sites for hydroxylation is 2. The van der Waals surface area contributed by atoms with E-state index < -0.39 is 16.2 Å². The minimum atomic E-state index is -3.95. The Balaban J connectivity index is 1.48. The highest BCUT2D eigenvalue weighted by molar-refractivity contribution is 7.89. The van der Waals surface area contributed by atoms with Gasteiger partial charge in [-0.15, -0.1) is 21.5 Å². The van der Waals surface area contributed by atoms with Crippen LogP contribution in [0, 0.1) is 19.8 Å². The number of hydrogen-bond donors (Lipinski definition) is 1. The van der Waals surface area contributed by atoms with Crippen LogP contribution in [0.1, 0.15) is 77.2 Å². The lowest BCUT2D eigenvalue weighted by Crippen LogP contribution is -2.29. The first-order valence-electron chi connectivity index (χ1n) is 14.6. The molecule has 1 aliphatic rings. The molecule has 0 spiro atoms. The molecule has 3 aromatic carbocycles. The normalized spacial score (nSPS) is 15.4. The Labute approximate surface area is 267 Å². The average molecular weight is 644 g/mol. The van der Waals surface area contributed by atoms with E-state index in [4.69, 9.17) is 16.6 Å². The van der Waals surface area contributed by atoms with Crippen molar-refractivity contribution in [3.05, 3.63) is 128 Å². The summed E-state index contributed by atoms with van der Waals surface area (Å²) in [6.45, 7) is 10.4. The van der Waals surface area contributed by atoms with Gasteiger partial charge in [0.05, 0.1) is 10.6 Å². The summed E-state index contributed by atoms with van der Waals surface area (Å²) in [5, 5.41) is 10.2. The SMILES string of the molecule is Cc1ccc(S(=O)(=O)NC2N=C(c3ccccc3Cl)c3cc(C(C)c4ccc(CC(C)C)cc4)sc3-n3c(C)nnc32)cc1. The minimum absolute atomic E-state index is 0.114. The number of aliphatic imine (C=N–C) groups is 1. The van der Waals surface area contributed by atoms with Crippen LogP contribution >= 0.6 is 22.9 Å². The van der Waals surface area contributed by atoms with Gasteiger partial charge < -0.3 is 0 Å². The van der Waals surface area contributed by atoms with E-state index in [1.807, 2.05) is 42.7 Å². The molecule has 5 aromatic rings. The third kappa shape index (κ3) is 5.89. The van der Waals surface area contributed by atoms with Gasteiger partial charge in [0.1, 0.15) is 10.8 Å². The lowest BCUT2D eigenvalue weighted by molar-refractivity contribution is 0.551. The second-order valence-corrected chi connectivity index (χ2v) is 14.8. The number of sulfonamides is 1. The molecule has 6 rings (SSSR count). The lowest BCUT2D eigenvalue weighted by atomic mass is 9.95. The summed E-state index contributed by atoms with van der Waals surface area (Å²) in [7, 11) is -3.95. The molecule has 2 unspecified atom stereocenters. The fourth-order valence-electron chi connectivity index (χ4n) is 5.47. The number of aromatic nitrogens is 3. The van der Waals surface area contributed by atoms with E-state index in [9.17, 15) is 8.42 Å².